The van der Waals surface area contributed by atoms with Crippen molar-refractivity contribution < 1.29 is 47.7 Å². The first-order chi connectivity index (χ1) is 17.5. The minimum absolute atomic E-state index is 0.191. The molecule has 1 aromatic carbocycles. The molecule has 2 heterocycles. The maximum absolute atomic E-state index is 13.4. The summed E-state index contributed by atoms with van der Waals surface area (Å²) in [5, 5.41) is 3.08. The Labute approximate surface area is 212 Å². The number of aryl methyl sites for hydroxylation is 1. The van der Waals surface area contributed by atoms with Crippen molar-refractivity contribution in [3.8, 4) is 0 Å². The van der Waals surface area contributed by atoms with Crippen LogP contribution in [-0.4, -0.2) is 72.0 Å². The van der Waals surface area contributed by atoms with Crippen LogP contribution in [0.5, 0.6) is 0 Å². The normalized spacial score (nSPS) is 23.0. The van der Waals surface area contributed by atoms with Gasteiger partial charge in [-0.05, 0) is 19.1 Å². The Balaban J connectivity index is 2.02. The highest BCUT2D eigenvalue weighted by Gasteiger charge is 2.52. The number of nitrogens with zero attached hydrogens (tertiary/aromatic N) is 1. The molecule has 1 N–H and O–H groups in total. The van der Waals surface area contributed by atoms with Crippen LogP contribution in [0.3, 0.4) is 0 Å². The van der Waals surface area contributed by atoms with Gasteiger partial charge in [-0.15, -0.1) is 0 Å². The molecule has 1 aromatic heterocycles. The first-order valence-electron chi connectivity index (χ1n) is 11.4. The maximum Gasteiger partial charge on any atom is 0.341 e. The van der Waals surface area contributed by atoms with E-state index in [0.717, 1.165) is 13.8 Å². The van der Waals surface area contributed by atoms with Gasteiger partial charge in [-0.25, -0.2) is 4.79 Å². The van der Waals surface area contributed by atoms with E-state index in [9.17, 15) is 24.0 Å². The van der Waals surface area contributed by atoms with Gasteiger partial charge in [-0.2, -0.15) is 0 Å². The van der Waals surface area contributed by atoms with E-state index in [4.69, 9.17) is 23.7 Å². The van der Waals surface area contributed by atoms with Crippen molar-refractivity contribution in [2.45, 2.75) is 65.3 Å². The number of ether oxygens (including phenoxy) is 5. The molecule has 1 fully saturated rings. The van der Waals surface area contributed by atoms with E-state index in [0.29, 0.717) is 16.6 Å². The Morgan fingerprint density at radius 2 is 1.57 bits per heavy atom. The number of aromatic nitrogens is 1. The molecule has 1 saturated heterocycles. The van der Waals surface area contributed by atoms with Crippen molar-refractivity contribution >= 4 is 40.7 Å². The fraction of sp³-hybridized carbons (Fsp3) is 0.440. The molecule has 1 amide bonds. The van der Waals surface area contributed by atoms with E-state index in [1.54, 1.807) is 37.3 Å². The van der Waals surface area contributed by atoms with Crippen LogP contribution in [0.2, 0.25) is 0 Å². The van der Waals surface area contributed by atoms with Gasteiger partial charge in [0.25, 0.3) is 0 Å². The number of fused-ring (bicyclic) bond motifs is 1. The molecule has 2 aromatic rings. The number of carbonyl (C=O) groups is 5. The molecule has 0 bridgehead atoms. The third-order valence-electron chi connectivity index (χ3n) is 5.36. The summed E-state index contributed by atoms with van der Waals surface area (Å²) in [6.07, 6.45) is -5.35. The van der Waals surface area contributed by atoms with E-state index in [-0.39, 0.29) is 5.56 Å². The SMILES string of the molecule is CC(=O)N[C@@H]1[C@H](OC(=O)c2cc(C)nc3ccccc23)O[C@H](COC(C)=O)[C@H](OC(C)=O)[C@H]1OC(C)=O. The van der Waals surface area contributed by atoms with Crippen LogP contribution in [0.15, 0.2) is 30.3 Å². The van der Waals surface area contributed by atoms with Crippen LogP contribution < -0.4 is 5.32 Å². The molecule has 37 heavy (non-hydrogen) atoms. The van der Waals surface area contributed by atoms with E-state index >= 15 is 0 Å². The minimum atomic E-state index is -1.51. The zero-order valence-electron chi connectivity index (χ0n) is 21.0. The van der Waals surface area contributed by atoms with Crippen molar-refractivity contribution in [1.82, 2.24) is 10.3 Å². The number of carbonyl (C=O) groups excluding carboxylic acids is 5. The molecule has 0 saturated carbocycles. The highest BCUT2D eigenvalue weighted by Crippen LogP contribution is 2.29. The van der Waals surface area contributed by atoms with Crippen molar-refractivity contribution in [2.75, 3.05) is 6.61 Å². The monoisotopic (exact) mass is 516 g/mol. The fourth-order valence-electron chi connectivity index (χ4n) is 4.04. The zero-order valence-corrected chi connectivity index (χ0v) is 21.0. The lowest BCUT2D eigenvalue weighted by molar-refractivity contribution is -0.263. The molecule has 0 aliphatic carbocycles. The van der Waals surface area contributed by atoms with Crippen LogP contribution >= 0.6 is 0 Å². The average molecular weight is 517 g/mol. The molecule has 198 valence electrons. The number of amides is 1. The summed E-state index contributed by atoms with van der Waals surface area (Å²) < 4.78 is 27.4. The largest absolute Gasteiger partial charge is 0.463 e. The van der Waals surface area contributed by atoms with Gasteiger partial charge in [0.15, 0.2) is 12.2 Å². The van der Waals surface area contributed by atoms with Crippen LogP contribution in [0, 0.1) is 6.92 Å². The quantitative estimate of drug-likeness (QED) is 0.418. The van der Waals surface area contributed by atoms with Crippen molar-refractivity contribution in [2.24, 2.45) is 0 Å². The second-order valence-corrected chi connectivity index (χ2v) is 8.45. The first kappa shape index (κ1) is 27.5. The molecular formula is C25H28N2O10. The summed E-state index contributed by atoms with van der Waals surface area (Å²) in [5.41, 5.74) is 1.32. The Morgan fingerprint density at radius 3 is 2.19 bits per heavy atom. The van der Waals surface area contributed by atoms with Gasteiger partial charge in [-0.3, -0.25) is 24.2 Å². The third kappa shape index (κ3) is 7.00. The van der Waals surface area contributed by atoms with Gasteiger partial charge in [0.05, 0.1) is 11.1 Å². The maximum atomic E-state index is 13.4. The lowest BCUT2D eigenvalue weighted by Crippen LogP contribution is -2.66. The third-order valence-corrected chi connectivity index (χ3v) is 5.36. The predicted molar refractivity (Wildman–Crippen MR) is 126 cm³/mol. The number of pyridine rings is 1. The smallest absolute Gasteiger partial charge is 0.341 e. The highest BCUT2D eigenvalue weighted by molar-refractivity contribution is 6.03. The van der Waals surface area contributed by atoms with Crippen molar-refractivity contribution in [3.63, 3.8) is 0 Å². The lowest BCUT2D eigenvalue weighted by atomic mass is 9.96. The molecule has 3 rings (SSSR count). The molecule has 0 unspecified atom stereocenters. The Bertz CT molecular complexity index is 1210. The summed E-state index contributed by atoms with van der Waals surface area (Å²) in [4.78, 5) is 65.1. The van der Waals surface area contributed by atoms with Gasteiger partial charge < -0.3 is 29.0 Å². The summed E-state index contributed by atoms with van der Waals surface area (Å²) >= 11 is 0. The number of esters is 4. The van der Waals surface area contributed by atoms with Crippen LogP contribution in [0.1, 0.15) is 43.7 Å². The van der Waals surface area contributed by atoms with Gasteiger partial charge in [0.1, 0.15) is 18.8 Å². The molecule has 0 spiro atoms. The van der Waals surface area contributed by atoms with E-state index in [1.807, 2.05) is 0 Å². The number of para-hydroxylation sites is 1. The van der Waals surface area contributed by atoms with E-state index in [2.05, 4.69) is 10.3 Å². The van der Waals surface area contributed by atoms with Gasteiger partial charge in [-0.1, -0.05) is 18.2 Å². The van der Waals surface area contributed by atoms with Gasteiger partial charge in [0, 0.05) is 38.8 Å². The average Bonchev–Trinajstić information content (AvgIpc) is 2.80. The second-order valence-electron chi connectivity index (χ2n) is 8.45. The highest BCUT2D eigenvalue weighted by atomic mass is 16.7. The van der Waals surface area contributed by atoms with Crippen molar-refractivity contribution in [1.29, 1.82) is 0 Å². The number of hydrogen-bond donors (Lipinski definition) is 1. The minimum Gasteiger partial charge on any atom is -0.463 e. The van der Waals surface area contributed by atoms with E-state index < -0.39 is 67.0 Å². The first-order valence-corrected chi connectivity index (χ1v) is 11.4. The molecule has 0 radical (unpaired) electrons. The predicted octanol–water partition coefficient (Wildman–Crippen LogP) is 1.36. The summed E-state index contributed by atoms with van der Waals surface area (Å²) in [6.45, 7) is 5.93. The molecule has 1 aliphatic heterocycles. The summed E-state index contributed by atoms with van der Waals surface area (Å²) in [5.74, 6) is -3.51. The number of rotatable bonds is 7. The number of nitrogens with one attached hydrogen (secondary N) is 1. The zero-order chi connectivity index (χ0) is 27.3. The molecule has 1 aliphatic rings. The Morgan fingerprint density at radius 1 is 0.919 bits per heavy atom. The van der Waals surface area contributed by atoms with Crippen LogP contribution in [-0.2, 0) is 42.9 Å². The Hall–Kier alpha value is -4.06. The van der Waals surface area contributed by atoms with Crippen molar-refractivity contribution in [3.05, 3.63) is 41.6 Å². The standard InChI is InChI=1S/C25H28N2O10/c1-12-10-18(17-8-6-7-9-19(17)26-12)24(32)37-25-21(27-13(2)28)23(35-16(5)31)22(34-15(4)30)20(36-25)11-33-14(3)29/h6-10,20-23,25H,11H2,1-5H3,(H,27,28)/t20-,21+,22+,23+,25+/m1/s1. The fourth-order valence-corrected chi connectivity index (χ4v) is 4.04. The molecular weight excluding hydrogens is 488 g/mol. The molecule has 5 atom stereocenters. The lowest BCUT2D eigenvalue weighted by Gasteiger charge is -2.44. The topological polar surface area (TPSA) is 156 Å². The van der Waals surface area contributed by atoms with Crippen LogP contribution in [0.25, 0.3) is 10.9 Å². The number of benzene rings is 1. The molecule has 12 heteroatoms. The molecule has 12 nitrogen and oxygen atoms in total. The van der Waals surface area contributed by atoms with Gasteiger partial charge in [0.2, 0.25) is 12.2 Å². The van der Waals surface area contributed by atoms with Gasteiger partial charge >= 0.3 is 23.9 Å². The summed E-state index contributed by atoms with van der Waals surface area (Å²) in [7, 11) is 0. The Kier molecular flexibility index (Phi) is 8.77. The van der Waals surface area contributed by atoms with Crippen LogP contribution in [0.4, 0.5) is 0 Å². The second kappa shape index (κ2) is 11.8. The van der Waals surface area contributed by atoms with E-state index in [1.165, 1.54) is 13.8 Å². The number of hydrogen-bond acceptors (Lipinski definition) is 11. The summed E-state index contributed by atoms with van der Waals surface area (Å²) in [6, 6.07) is 7.24.